The summed E-state index contributed by atoms with van der Waals surface area (Å²) >= 11 is 2.23. The number of hydrogen-bond donors (Lipinski definition) is 1. The minimum atomic E-state index is -0.494. The highest BCUT2D eigenvalue weighted by Crippen LogP contribution is 2.17. The molecule has 1 N–H and O–H groups in total. The number of benzene rings is 2. The summed E-state index contributed by atoms with van der Waals surface area (Å²) in [4.78, 5) is 12.3. The van der Waals surface area contributed by atoms with Gasteiger partial charge >= 0.3 is 0 Å². The third-order valence-corrected chi connectivity index (χ3v) is 3.76. The largest absolute Gasteiger partial charge is 0.481 e. The second kappa shape index (κ2) is 7.45. The van der Waals surface area contributed by atoms with E-state index in [9.17, 15) is 4.79 Å². The third-order valence-electron chi connectivity index (χ3n) is 3.04. The van der Waals surface area contributed by atoms with Gasteiger partial charge in [-0.05, 0) is 77.9 Å². The van der Waals surface area contributed by atoms with Crippen molar-refractivity contribution in [2.45, 2.75) is 26.4 Å². The smallest absolute Gasteiger partial charge is 0.265 e. The number of carbonyl (C=O) groups is 1. The third kappa shape index (κ3) is 4.74. The monoisotopic (exact) mass is 395 g/mol. The molecule has 0 heterocycles. The van der Waals surface area contributed by atoms with E-state index in [1.165, 1.54) is 0 Å². The van der Waals surface area contributed by atoms with E-state index in [2.05, 4.69) is 27.9 Å². The lowest BCUT2D eigenvalue weighted by Gasteiger charge is -2.17. The molecule has 2 rings (SSSR count). The van der Waals surface area contributed by atoms with Gasteiger partial charge in [0.15, 0.2) is 6.10 Å². The van der Waals surface area contributed by atoms with E-state index in [0.717, 1.165) is 20.6 Å². The van der Waals surface area contributed by atoms with Crippen LogP contribution >= 0.6 is 22.6 Å². The summed E-state index contributed by atoms with van der Waals surface area (Å²) in [6.07, 6.45) is 0.121. The quantitative estimate of drug-likeness (QED) is 0.763. The molecule has 0 radical (unpaired) electrons. The fourth-order valence-corrected chi connectivity index (χ4v) is 2.29. The Morgan fingerprint density at radius 2 is 1.95 bits per heavy atom. The molecule has 1 amide bonds. The minimum Gasteiger partial charge on any atom is -0.481 e. The lowest BCUT2D eigenvalue weighted by atomic mass is 10.2. The number of hydrogen-bond acceptors (Lipinski definition) is 2. The van der Waals surface area contributed by atoms with Gasteiger partial charge in [-0.3, -0.25) is 4.79 Å². The van der Waals surface area contributed by atoms with Crippen LogP contribution in [-0.4, -0.2) is 12.0 Å². The van der Waals surface area contributed by atoms with Gasteiger partial charge in [0, 0.05) is 9.26 Å². The molecule has 0 spiro atoms. The first-order valence-corrected chi connectivity index (χ1v) is 7.96. The van der Waals surface area contributed by atoms with Gasteiger partial charge in [-0.2, -0.15) is 0 Å². The molecule has 4 heteroatoms. The molecule has 0 saturated carbocycles. The number of amides is 1. The van der Waals surface area contributed by atoms with E-state index in [0.29, 0.717) is 6.42 Å². The normalized spacial score (nSPS) is 11.8. The van der Waals surface area contributed by atoms with Crippen molar-refractivity contribution in [3.63, 3.8) is 0 Å². The number of aryl methyl sites for hydroxylation is 1. The molecule has 0 bridgehead atoms. The first-order chi connectivity index (χ1) is 10.1. The van der Waals surface area contributed by atoms with Crippen LogP contribution in [0.3, 0.4) is 0 Å². The highest BCUT2D eigenvalue weighted by Gasteiger charge is 2.18. The molecular weight excluding hydrogens is 377 g/mol. The Bertz CT molecular complexity index is 610. The Kier molecular flexibility index (Phi) is 5.61. The van der Waals surface area contributed by atoms with Crippen LogP contribution in [-0.2, 0) is 4.79 Å². The zero-order valence-electron chi connectivity index (χ0n) is 12.1. The molecule has 21 heavy (non-hydrogen) atoms. The Labute approximate surface area is 138 Å². The molecule has 1 atom stereocenters. The van der Waals surface area contributed by atoms with E-state index >= 15 is 0 Å². The van der Waals surface area contributed by atoms with Crippen molar-refractivity contribution in [1.82, 2.24) is 0 Å². The van der Waals surface area contributed by atoms with Crippen molar-refractivity contribution in [2.24, 2.45) is 0 Å². The average molecular weight is 395 g/mol. The number of ether oxygens (including phenoxy) is 1. The van der Waals surface area contributed by atoms with Gasteiger partial charge in [0.25, 0.3) is 5.91 Å². The molecule has 0 aromatic heterocycles. The molecular formula is C17H18INO2. The van der Waals surface area contributed by atoms with Gasteiger partial charge in [-0.15, -0.1) is 0 Å². The van der Waals surface area contributed by atoms with Crippen LogP contribution < -0.4 is 10.1 Å². The molecule has 3 nitrogen and oxygen atoms in total. The number of halogens is 1. The summed E-state index contributed by atoms with van der Waals surface area (Å²) in [6.45, 7) is 3.94. The summed E-state index contributed by atoms with van der Waals surface area (Å²) in [5.41, 5.74) is 1.90. The van der Waals surface area contributed by atoms with E-state index < -0.39 is 6.10 Å². The van der Waals surface area contributed by atoms with E-state index in [4.69, 9.17) is 4.74 Å². The average Bonchev–Trinajstić information content (AvgIpc) is 2.47. The lowest BCUT2D eigenvalue weighted by molar-refractivity contribution is -0.122. The van der Waals surface area contributed by atoms with Crippen molar-refractivity contribution >= 4 is 34.2 Å². The Morgan fingerprint density at radius 1 is 1.24 bits per heavy atom. The lowest BCUT2D eigenvalue weighted by Crippen LogP contribution is -2.32. The Hall–Kier alpha value is -1.56. The Balaban J connectivity index is 2.03. The van der Waals surface area contributed by atoms with Gasteiger partial charge in [0.05, 0.1) is 0 Å². The molecule has 0 aliphatic rings. The van der Waals surface area contributed by atoms with Gasteiger partial charge in [-0.25, -0.2) is 0 Å². The van der Waals surface area contributed by atoms with Crippen LogP contribution in [0.25, 0.3) is 0 Å². The van der Waals surface area contributed by atoms with Crippen molar-refractivity contribution in [1.29, 1.82) is 0 Å². The molecule has 1 unspecified atom stereocenters. The molecule has 0 aliphatic heterocycles. The van der Waals surface area contributed by atoms with Crippen LogP contribution in [0.15, 0.2) is 48.5 Å². The first kappa shape index (κ1) is 15.8. The SMILES string of the molecule is CCC(Oc1cccc(C)c1)C(=O)Nc1ccc(I)cc1. The maximum atomic E-state index is 12.3. The summed E-state index contributed by atoms with van der Waals surface area (Å²) in [7, 11) is 0. The van der Waals surface area contributed by atoms with Crippen LogP contribution in [0, 0.1) is 10.5 Å². The van der Waals surface area contributed by atoms with Crippen molar-refractivity contribution in [2.75, 3.05) is 5.32 Å². The standard InChI is InChI=1S/C17H18INO2/c1-3-16(21-15-6-4-5-12(2)11-15)17(20)19-14-9-7-13(18)8-10-14/h4-11,16H,3H2,1-2H3,(H,19,20). The van der Waals surface area contributed by atoms with Crippen LogP contribution in [0.2, 0.25) is 0 Å². The maximum Gasteiger partial charge on any atom is 0.265 e. The molecule has 0 fully saturated rings. The highest BCUT2D eigenvalue weighted by molar-refractivity contribution is 14.1. The minimum absolute atomic E-state index is 0.125. The summed E-state index contributed by atoms with van der Waals surface area (Å²) in [5.74, 6) is 0.597. The predicted molar refractivity (Wildman–Crippen MR) is 93.7 cm³/mol. The number of nitrogens with one attached hydrogen (secondary N) is 1. The van der Waals surface area contributed by atoms with Crippen molar-refractivity contribution in [3.8, 4) is 5.75 Å². The molecule has 0 aliphatic carbocycles. The van der Waals surface area contributed by atoms with Gasteiger partial charge < -0.3 is 10.1 Å². The van der Waals surface area contributed by atoms with Crippen LogP contribution in [0.5, 0.6) is 5.75 Å². The first-order valence-electron chi connectivity index (χ1n) is 6.88. The molecule has 110 valence electrons. The van der Waals surface area contributed by atoms with Crippen LogP contribution in [0.4, 0.5) is 5.69 Å². The fourth-order valence-electron chi connectivity index (χ4n) is 1.93. The van der Waals surface area contributed by atoms with E-state index in [1.54, 1.807) is 0 Å². The summed E-state index contributed by atoms with van der Waals surface area (Å²) in [5, 5.41) is 2.89. The second-order valence-electron chi connectivity index (χ2n) is 4.83. The van der Waals surface area contributed by atoms with Gasteiger partial charge in [0.2, 0.25) is 0 Å². The summed E-state index contributed by atoms with van der Waals surface area (Å²) in [6, 6.07) is 15.4. The number of anilines is 1. The Morgan fingerprint density at radius 3 is 2.57 bits per heavy atom. The topological polar surface area (TPSA) is 38.3 Å². The van der Waals surface area contributed by atoms with Gasteiger partial charge in [-0.1, -0.05) is 19.1 Å². The van der Waals surface area contributed by atoms with Crippen molar-refractivity contribution in [3.05, 3.63) is 57.7 Å². The van der Waals surface area contributed by atoms with E-state index in [-0.39, 0.29) is 5.91 Å². The predicted octanol–water partition coefficient (Wildman–Crippen LogP) is 4.40. The molecule has 2 aromatic carbocycles. The second-order valence-corrected chi connectivity index (χ2v) is 6.07. The maximum absolute atomic E-state index is 12.3. The van der Waals surface area contributed by atoms with E-state index in [1.807, 2.05) is 62.4 Å². The highest BCUT2D eigenvalue weighted by atomic mass is 127. The zero-order chi connectivity index (χ0) is 15.2. The summed E-state index contributed by atoms with van der Waals surface area (Å²) < 4.78 is 6.92. The number of carbonyl (C=O) groups excluding carboxylic acids is 1. The zero-order valence-corrected chi connectivity index (χ0v) is 14.3. The number of rotatable bonds is 5. The van der Waals surface area contributed by atoms with Crippen molar-refractivity contribution < 1.29 is 9.53 Å². The molecule has 0 saturated heterocycles. The van der Waals surface area contributed by atoms with Crippen LogP contribution in [0.1, 0.15) is 18.9 Å². The molecule has 2 aromatic rings. The van der Waals surface area contributed by atoms with Gasteiger partial charge in [0.1, 0.15) is 5.75 Å². The fraction of sp³-hybridized carbons (Fsp3) is 0.235.